The molecule has 2 nitrogen and oxygen atoms in total. The Kier molecular flexibility index (Phi) is 3.71. The minimum absolute atomic E-state index is 0.269. The molecule has 1 aliphatic heterocycles. The first-order chi connectivity index (χ1) is 15.9. The second-order valence-electron chi connectivity index (χ2n) is 8.62. The fourth-order valence-electron chi connectivity index (χ4n) is 5.55. The van der Waals surface area contributed by atoms with Gasteiger partial charge < -0.3 is 9.30 Å². The largest absolute Gasteiger partial charge is 0.319 e. The molecule has 0 N–H and O–H groups in total. The van der Waals surface area contributed by atoms with E-state index in [9.17, 15) is 0 Å². The molecular weight excluding hydrogens is 388 g/mol. The van der Waals surface area contributed by atoms with Gasteiger partial charge in [-0.05, 0) is 40.6 Å². The number of hydrogen-bond acceptors (Lipinski definition) is 1. The van der Waals surface area contributed by atoms with Gasteiger partial charge in [-0.15, -0.1) is 0 Å². The van der Waals surface area contributed by atoms with Crippen molar-refractivity contribution in [1.29, 1.82) is 0 Å². The molecule has 3 heterocycles. The molecule has 0 bridgehead atoms. The Morgan fingerprint density at radius 1 is 0.656 bits per heavy atom. The first kappa shape index (κ1) is 17.6. The second-order valence-corrected chi connectivity index (χ2v) is 8.62. The van der Waals surface area contributed by atoms with Gasteiger partial charge in [-0.3, -0.25) is 0 Å². The van der Waals surface area contributed by atoms with Crippen molar-refractivity contribution in [3.8, 4) is 11.1 Å². The maximum atomic E-state index is 2.53. The van der Waals surface area contributed by atoms with E-state index >= 15 is 0 Å². The molecule has 1 aliphatic carbocycles. The van der Waals surface area contributed by atoms with E-state index in [1.807, 2.05) is 0 Å². The van der Waals surface area contributed by atoms with E-state index in [-0.39, 0.29) is 6.04 Å². The van der Waals surface area contributed by atoms with Crippen LogP contribution in [0.4, 0.5) is 11.5 Å². The third-order valence-corrected chi connectivity index (χ3v) is 6.89. The highest BCUT2D eigenvalue weighted by Gasteiger charge is 2.42. The molecule has 2 atom stereocenters. The molecule has 0 saturated carbocycles. The maximum Gasteiger partial charge on any atom is 0.122 e. The molecule has 0 spiro atoms. The summed E-state index contributed by atoms with van der Waals surface area (Å²) in [5, 5.41) is 2.55. The van der Waals surface area contributed by atoms with E-state index in [2.05, 4.69) is 131 Å². The molecule has 2 heteroatoms. The van der Waals surface area contributed by atoms with Gasteiger partial charge in [0.15, 0.2) is 0 Å². The van der Waals surface area contributed by atoms with Crippen LogP contribution in [-0.4, -0.2) is 10.4 Å². The van der Waals surface area contributed by atoms with Gasteiger partial charge >= 0.3 is 0 Å². The zero-order chi connectivity index (χ0) is 21.1. The van der Waals surface area contributed by atoms with Crippen LogP contribution in [0.25, 0.3) is 27.4 Å². The van der Waals surface area contributed by atoms with Crippen LogP contribution in [0.1, 0.15) is 11.5 Å². The van der Waals surface area contributed by atoms with Gasteiger partial charge in [0.1, 0.15) is 5.82 Å². The van der Waals surface area contributed by atoms with Crippen molar-refractivity contribution < 1.29 is 0 Å². The Balaban J connectivity index is 1.55. The molecule has 3 aromatic carbocycles. The predicted octanol–water partition coefficient (Wildman–Crippen LogP) is 7.49. The lowest BCUT2D eigenvalue weighted by Crippen LogP contribution is -2.29. The molecule has 0 saturated heterocycles. The lowest BCUT2D eigenvalue weighted by atomic mass is 9.88. The molecule has 0 fully saturated rings. The molecule has 2 unspecified atom stereocenters. The summed E-state index contributed by atoms with van der Waals surface area (Å²) >= 11 is 0. The number of nitrogens with zero attached hydrogens (tertiary/aromatic N) is 2. The number of hydrogen-bond donors (Lipinski definition) is 0. The predicted molar refractivity (Wildman–Crippen MR) is 134 cm³/mol. The van der Waals surface area contributed by atoms with Gasteiger partial charge in [-0.1, -0.05) is 91.0 Å². The zero-order valence-electron chi connectivity index (χ0n) is 17.6. The van der Waals surface area contributed by atoms with Crippen molar-refractivity contribution in [3.63, 3.8) is 0 Å². The van der Waals surface area contributed by atoms with E-state index in [0.717, 1.165) is 0 Å². The van der Waals surface area contributed by atoms with Gasteiger partial charge in [0.25, 0.3) is 0 Å². The Labute approximate surface area is 187 Å². The highest BCUT2D eigenvalue weighted by Crippen LogP contribution is 2.53. The molecule has 5 aromatic rings. The summed E-state index contributed by atoms with van der Waals surface area (Å²) in [5.41, 5.74) is 6.54. The number of allylic oxidation sites excluding steroid dienone is 2. The summed E-state index contributed by atoms with van der Waals surface area (Å²) in [7, 11) is 0. The Bertz CT molecular complexity index is 1540. The van der Waals surface area contributed by atoms with E-state index in [0.29, 0.717) is 5.92 Å². The Morgan fingerprint density at radius 2 is 1.44 bits per heavy atom. The van der Waals surface area contributed by atoms with Crippen molar-refractivity contribution in [2.45, 2.75) is 12.0 Å². The molecule has 0 radical (unpaired) electrons. The number of benzene rings is 3. The summed E-state index contributed by atoms with van der Waals surface area (Å²) < 4.78 is 2.38. The zero-order valence-corrected chi connectivity index (χ0v) is 17.6. The number of anilines is 2. The minimum Gasteiger partial charge on any atom is -0.319 e. The highest BCUT2D eigenvalue weighted by molar-refractivity contribution is 5.95. The lowest BCUT2D eigenvalue weighted by Gasteiger charge is -2.29. The highest BCUT2D eigenvalue weighted by atomic mass is 15.3. The standard InChI is InChI=1S/C30H22N2/c1-2-11-22(12-3-1)28-27-16-8-9-19-31(27)30-29(28)25-14-6-7-15-26(25)32(30)24-18-17-21-10-4-5-13-23(21)20-24/h1-20,25-26H. The molecule has 2 aliphatic rings. The topological polar surface area (TPSA) is 7.65 Å². The quantitative estimate of drug-likeness (QED) is 0.292. The maximum absolute atomic E-state index is 2.53. The van der Waals surface area contributed by atoms with E-state index in [4.69, 9.17) is 0 Å². The van der Waals surface area contributed by atoms with Crippen LogP contribution in [0.3, 0.4) is 0 Å². The molecule has 7 rings (SSSR count). The number of pyridine rings is 1. The lowest BCUT2D eigenvalue weighted by molar-refractivity contribution is 0.740. The Morgan fingerprint density at radius 3 is 2.34 bits per heavy atom. The van der Waals surface area contributed by atoms with Crippen molar-refractivity contribution in [3.05, 3.63) is 127 Å². The summed E-state index contributed by atoms with van der Waals surface area (Å²) in [6.07, 6.45) is 11.3. The Hall–Kier alpha value is -4.04. The monoisotopic (exact) mass is 410 g/mol. The average molecular weight is 411 g/mol. The number of aromatic nitrogens is 1. The van der Waals surface area contributed by atoms with Crippen LogP contribution < -0.4 is 4.90 Å². The molecule has 0 amide bonds. The van der Waals surface area contributed by atoms with E-state index in [1.165, 1.54) is 44.5 Å². The van der Waals surface area contributed by atoms with Crippen molar-refractivity contribution in [1.82, 2.24) is 4.40 Å². The van der Waals surface area contributed by atoms with E-state index < -0.39 is 0 Å². The molecule has 32 heavy (non-hydrogen) atoms. The van der Waals surface area contributed by atoms with Crippen molar-refractivity contribution in [2.24, 2.45) is 0 Å². The van der Waals surface area contributed by atoms with Crippen LogP contribution in [0.15, 0.2) is 121 Å². The normalized spacial score (nSPS) is 18.9. The summed E-state index contributed by atoms with van der Waals surface area (Å²) in [4.78, 5) is 2.53. The fraction of sp³-hybridized carbons (Fsp3) is 0.0667. The smallest absolute Gasteiger partial charge is 0.122 e. The van der Waals surface area contributed by atoms with Gasteiger partial charge in [-0.2, -0.15) is 0 Å². The first-order valence-corrected chi connectivity index (χ1v) is 11.2. The number of fused-ring (bicyclic) bond motifs is 6. The molecular formula is C30H22N2. The fourth-order valence-corrected chi connectivity index (χ4v) is 5.55. The third kappa shape index (κ3) is 2.41. The molecule has 2 aromatic heterocycles. The number of rotatable bonds is 2. The van der Waals surface area contributed by atoms with Gasteiger partial charge in [0, 0.05) is 28.9 Å². The van der Waals surface area contributed by atoms with Crippen LogP contribution in [0.5, 0.6) is 0 Å². The first-order valence-electron chi connectivity index (χ1n) is 11.2. The van der Waals surface area contributed by atoms with E-state index in [1.54, 1.807) is 0 Å². The SMILES string of the molecule is C1=CC2c3c(-c4ccccc4)c4ccccn4c3N(c3ccc4ccccc4c3)C2C=C1. The summed E-state index contributed by atoms with van der Waals surface area (Å²) in [5.74, 6) is 1.59. The summed E-state index contributed by atoms with van der Waals surface area (Å²) in [6.45, 7) is 0. The molecule has 152 valence electrons. The van der Waals surface area contributed by atoms with Crippen LogP contribution >= 0.6 is 0 Å². The summed E-state index contributed by atoms with van der Waals surface area (Å²) in [6, 6.07) is 33.1. The van der Waals surface area contributed by atoms with Gasteiger partial charge in [-0.25, -0.2) is 0 Å². The van der Waals surface area contributed by atoms with Gasteiger partial charge in [0.2, 0.25) is 0 Å². The third-order valence-electron chi connectivity index (χ3n) is 6.89. The van der Waals surface area contributed by atoms with Crippen LogP contribution in [0.2, 0.25) is 0 Å². The van der Waals surface area contributed by atoms with Gasteiger partial charge in [0.05, 0.1) is 11.6 Å². The average Bonchev–Trinajstić information content (AvgIpc) is 3.37. The van der Waals surface area contributed by atoms with Crippen LogP contribution in [-0.2, 0) is 0 Å². The van der Waals surface area contributed by atoms with Crippen molar-refractivity contribution >= 4 is 27.8 Å². The second kappa shape index (κ2) is 6.73. The van der Waals surface area contributed by atoms with Crippen LogP contribution in [0, 0.1) is 0 Å². The minimum atomic E-state index is 0.269. The van der Waals surface area contributed by atoms with Crippen molar-refractivity contribution in [2.75, 3.05) is 4.90 Å².